The Hall–Kier alpha value is -2.17. The molecule has 0 radical (unpaired) electrons. The molecule has 0 aromatic heterocycles. The van der Waals surface area contributed by atoms with E-state index >= 15 is 0 Å². The number of hydrogen-bond donors (Lipinski definition) is 2. The first kappa shape index (κ1) is 22.1. The number of aliphatic hydroxyl groups is 1. The highest BCUT2D eigenvalue weighted by Gasteiger charge is 2.35. The van der Waals surface area contributed by atoms with Gasteiger partial charge >= 0.3 is 0 Å². The normalized spacial score (nSPS) is 11.6. The summed E-state index contributed by atoms with van der Waals surface area (Å²) >= 11 is 0. The second-order valence-corrected chi connectivity index (χ2v) is 7.51. The van der Waals surface area contributed by atoms with Crippen LogP contribution in [0.4, 0.5) is 0 Å². The van der Waals surface area contributed by atoms with Crippen LogP contribution >= 0.6 is 0 Å². The van der Waals surface area contributed by atoms with Crippen LogP contribution in [0.5, 0.6) is 0 Å². The lowest BCUT2D eigenvalue weighted by atomic mass is 9.90. The Labute approximate surface area is 169 Å². The van der Waals surface area contributed by atoms with Gasteiger partial charge in [0, 0.05) is 13.1 Å². The van der Waals surface area contributed by atoms with Crippen LogP contribution in [-0.4, -0.2) is 21.6 Å². The maximum Gasteiger partial charge on any atom is 0.266 e. The Balaban J connectivity index is 2.14. The number of unbranched alkanes of at least 4 members (excludes halogenated alkanes) is 2. The fourth-order valence-corrected chi connectivity index (χ4v) is 3.28. The van der Waals surface area contributed by atoms with Crippen molar-refractivity contribution in [1.29, 1.82) is 0 Å². The zero-order valence-corrected chi connectivity index (χ0v) is 17.2. The third-order valence-electron chi connectivity index (χ3n) is 5.00. The van der Waals surface area contributed by atoms with Crippen LogP contribution in [0.1, 0.15) is 63.5 Å². The zero-order chi connectivity index (χ0) is 20.2. The smallest absolute Gasteiger partial charge is 0.266 e. The van der Waals surface area contributed by atoms with Gasteiger partial charge < -0.3 is 5.11 Å². The van der Waals surface area contributed by atoms with Gasteiger partial charge in [-0.1, -0.05) is 100 Å². The molecule has 2 N–H and O–H groups in total. The van der Waals surface area contributed by atoms with E-state index in [-0.39, 0.29) is 5.91 Å². The molecule has 0 heterocycles. The highest BCUT2D eigenvalue weighted by molar-refractivity contribution is 5.84. The molecule has 1 amide bonds. The molecule has 0 atom stereocenters. The van der Waals surface area contributed by atoms with Crippen molar-refractivity contribution >= 4 is 5.91 Å². The van der Waals surface area contributed by atoms with Crippen molar-refractivity contribution in [2.75, 3.05) is 0 Å². The molecule has 4 heteroatoms. The number of benzene rings is 2. The number of hydrazine groups is 1. The SMILES string of the molecule is CCCCC(O)(CCCC)C(=O)NN(Cc1ccccc1)Cc1ccccc1. The van der Waals surface area contributed by atoms with Gasteiger partial charge in [-0.05, 0) is 24.0 Å². The maximum absolute atomic E-state index is 13.1. The van der Waals surface area contributed by atoms with Gasteiger partial charge in [-0.15, -0.1) is 0 Å². The predicted octanol–water partition coefficient (Wildman–Crippen LogP) is 4.83. The molecule has 0 bridgehead atoms. The number of carbonyl (C=O) groups is 1. The molecule has 2 aromatic carbocycles. The van der Waals surface area contributed by atoms with E-state index in [1.54, 1.807) is 0 Å². The van der Waals surface area contributed by atoms with E-state index in [1.807, 2.05) is 65.7 Å². The van der Waals surface area contributed by atoms with Crippen LogP contribution < -0.4 is 5.43 Å². The van der Waals surface area contributed by atoms with Crippen molar-refractivity contribution in [1.82, 2.24) is 10.4 Å². The second kappa shape index (κ2) is 11.6. The third kappa shape index (κ3) is 7.10. The van der Waals surface area contributed by atoms with E-state index in [2.05, 4.69) is 19.3 Å². The molecule has 0 saturated heterocycles. The van der Waals surface area contributed by atoms with Crippen LogP contribution in [0.15, 0.2) is 60.7 Å². The minimum absolute atomic E-state index is 0.290. The van der Waals surface area contributed by atoms with E-state index in [9.17, 15) is 9.90 Å². The lowest BCUT2D eigenvalue weighted by Crippen LogP contribution is -2.53. The molecular formula is C24H34N2O2. The molecule has 28 heavy (non-hydrogen) atoms. The molecule has 0 aliphatic heterocycles. The van der Waals surface area contributed by atoms with Gasteiger partial charge in [0.25, 0.3) is 5.91 Å². The van der Waals surface area contributed by atoms with Gasteiger partial charge in [0.15, 0.2) is 0 Å². The summed E-state index contributed by atoms with van der Waals surface area (Å²) in [5, 5.41) is 13.0. The largest absolute Gasteiger partial charge is 0.380 e. The Kier molecular flexibility index (Phi) is 9.18. The first-order chi connectivity index (χ1) is 13.6. The van der Waals surface area contributed by atoms with Gasteiger partial charge in [0.1, 0.15) is 5.60 Å². The molecule has 0 aliphatic rings. The molecule has 2 rings (SSSR count). The Morgan fingerprint density at radius 2 is 1.29 bits per heavy atom. The summed E-state index contributed by atoms with van der Waals surface area (Å²) in [7, 11) is 0. The third-order valence-corrected chi connectivity index (χ3v) is 5.00. The fourth-order valence-electron chi connectivity index (χ4n) is 3.28. The molecule has 0 saturated carbocycles. The van der Waals surface area contributed by atoms with Crippen molar-refractivity contribution in [3.8, 4) is 0 Å². The average Bonchev–Trinajstić information content (AvgIpc) is 2.72. The van der Waals surface area contributed by atoms with E-state index in [0.29, 0.717) is 25.9 Å². The first-order valence-electron chi connectivity index (χ1n) is 10.4. The van der Waals surface area contributed by atoms with Crippen LogP contribution in [0, 0.1) is 0 Å². The zero-order valence-electron chi connectivity index (χ0n) is 17.2. The summed E-state index contributed by atoms with van der Waals surface area (Å²) in [4.78, 5) is 13.1. The Morgan fingerprint density at radius 1 is 0.857 bits per heavy atom. The number of amides is 1. The molecule has 4 nitrogen and oxygen atoms in total. The van der Waals surface area contributed by atoms with Crippen molar-refractivity contribution < 1.29 is 9.90 Å². The summed E-state index contributed by atoms with van der Waals surface area (Å²) in [5.41, 5.74) is 3.94. The van der Waals surface area contributed by atoms with Gasteiger partial charge in [-0.25, -0.2) is 5.01 Å². The van der Waals surface area contributed by atoms with Crippen LogP contribution in [0.3, 0.4) is 0 Å². The van der Waals surface area contributed by atoms with Crippen molar-refractivity contribution in [3.63, 3.8) is 0 Å². The van der Waals surface area contributed by atoms with Gasteiger partial charge in [0.2, 0.25) is 0 Å². The van der Waals surface area contributed by atoms with Crippen LogP contribution in [0.25, 0.3) is 0 Å². The first-order valence-corrected chi connectivity index (χ1v) is 10.4. The Bertz CT molecular complexity index is 639. The molecular weight excluding hydrogens is 348 g/mol. The number of rotatable bonds is 12. The van der Waals surface area contributed by atoms with E-state index < -0.39 is 5.60 Å². The number of carbonyl (C=O) groups excluding carboxylic acids is 1. The second-order valence-electron chi connectivity index (χ2n) is 7.51. The quantitative estimate of drug-likeness (QED) is 0.517. The summed E-state index contributed by atoms with van der Waals surface area (Å²) in [6.07, 6.45) is 4.59. The van der Waals surface area contributed by atoms with E-state index in [4.69, 9.17) is 0 Å². The minimum atomic E-state index is -1.31. The highest BCUT2D eigenvalue weighted by atomic mass is 16.3. The molecule has 0 fully saturated rings. The molecule has 0 aliphatic carbocycles. The average molecular weight is 383 g/mol. The topological polar surface area (TPSA) is 52.6 Å². The maximum atomic E-state index is 13.1. The summed E-state index contributed by atoms with van der Waals surface area (Å²) in [6.45, 7) is 5.32. The summed E-state index contributed by atoms with van der Waals surface area (Å²) in [5.74, 6) is -0.290. The van der Waals surface area contributed by atoms with Crippen molar-refractivity contribution in [2.45, 2.75) is 71.1 Å². The summed E-state index contributed by atoms with van der Waals surface area (Å²) in [6, 6.07) is 20.1. The molecule has 0 unspecified atom stereocenters. The monoisotopic (exact) mass is 382 g/mol. The number of hydrogen-bond acceptors (Lipinski definition) is 3. The van der Waals surface area contributed by atoms with Crippen LogP contribution in [-0.2, 0) is 17.9 Å². The lowest BCUT2D eigenvalue weighted by molar-refractivity contribution is -0.147. The van der Waals surface area contributed by atoms with E-state index in [0.717, 1.165) is 36.8 Å². The fraction of sp³-hybridized carbons (Fsp3) is 0.458. The van der Waals surface area contributed by atoms with Gasteiger partial charge in [-0.2, -0.15) is 0 Å². The van der Waals surface area contributed by atoms with Crippen molar-refractivity contribution in [3.05, 3.63) is 71.8 Å². The van der Waals surface area contributed by atoms with Crippen LogP contribution in [0.2, 0.25) is 0 Å². The van der Waals surface area contributed by atoms with Crippen molar-refractivity contribution in [2.24, 2.45) is 0 Å². The van der Waals surface area contributed by atoms with E-state index in [1.165, 1.54) is 0 Å². The minimum Gasteiger partial charge on any atom is -0.380 e. The van der Waals surface area contributed by atoms with Gasteiger partial charge in [0.05, 0.1) is 0 Å². The highest BCUT2D eigenvalue weighted by Crippen LogP contribution is 2.22. The predicted molar refractivity (Wildman–Crippen MR) is 114 cm³/mol. The molecule has 2 aromatic rings. The number of nitrogens with one attached hydrogen (secondary N) is 1. The summed E-state index contributed by atoms with van der Waals surface area (Å²) < 4.78 is 0. The Morgan fingerprint density at radius 3 is 1.68 bits per heavy atom. The molecule has 0 spiro atoms. The number of nitrogens with zero attached hydrogens (tertiary/aromatic N) is 1. The van der Waals surface area contributed by atoms with Gasteiger partial charge in [-0.3, -0.25) is 10.2 Å². The molecule has 152 valence electrons. The standard InChI is InChI=1S/C24H34N2O2/c1-3-5-17-24(28,18-6-4-2)23(27)25-26(19-21-13-9-7-10-14-21)20-22-15-11-8-12-16-22/h7-16,28H,3-6,17-20H2,1-2H3,(H,25,27). The lowest BCUT2D eigenvalue weighted by Gasteiger charge is -2.31.